The monoisotopic (exact) mass is 311 g/mol. The summed E-state index contributed by atoms with van der Waals surface area (Å²) in [7, 11) is -4.53. The Labute approximate surface area is 116 Å². The van der Waals surface area contributed by atoms with Crippen LogP contribution >= 0.6 is 11.6 Å². The molecule has 0 saturated carbocycles. The van der Waals surface area contributed by atoms with E-state index in [4.69, 9.17) is 11.6 Å². The minimum absolute atomic E-state index is 0.259. The van der Waals surface area contributed by atoms with Crippen LogP contribution in [-0.2, 0) is 9.84 Å². The summed E-state index contributed by atoms with van der Waals surface area (Å²) in [4.78, 5) is -0.386. The molecule has 0 atom stereocenters. The zero-order chi connectivity index (χ0) is 14.7. The summed E-state index contributed by atoms with van der Waals surface area (Å²) in [6.45, 7) is 3.89. The van der Waals surface area contributed by atoms with Gasteiger partial charge in [-0.1, -0.05) is 0 Å². The van der Waals surface area contributed by atoms with Gasteiger partial charge in [-0.05, 0) is 44.5 Å². The summed E-state index contributed by atoms with van der Waals surface area (Å²) < 4.78 is 47.2. The minimum Gasteiger partial charge on any atom is -0.380 e. The van der Waals surface area contributed by atoms with E-state index in [-0.39, 0.29) is 10.4 Å². The van der Waals surface area contributed by atoms with E-state index in [9.17, 15) is 17.2 Å². The normalized spacial score (nSPS) is 12.7. The fourth-order valence-electron chi connectivity index (χ4n) is 1.52. The number of alkyl halides is 3. The highest BCUT2D eigenvalue weighted by molar-refractivity contribution is 7.91. The third-order valence-electron chi connectivity index (χ3n) is 2.62. The first-order chi connectivity index (χ1) is 8.69. The lowest BCUT2D eigenvalue weighted by molar-refractivity contribution is 0.234. The predicted octanol–water partition coefficient (Wildman–Crippen LogP) is 3.50. The first kappa shape index (κ1) is 16.2. The van der Waals surface area contributed by atoms with Gasteiger partial charge in [-0.15, -0.1) is 11.6 Å². The van der Waals surface area contributed by atoms with Gasteiger partial charge in [-0.25, -0.2) is 8.42 Å². The fourth-order valence-corrected chi connectivity index (χ4v) is 2.71. The number of hydrogen-bond donors (Lipinski definition) is 1. The Morgan fingerprint density at radius 1 is 1.26 bits per heavy atom. The molecule has 1 N–H and O–H groups in total. The quantitative estimate of drug-likeness (QED) is 0.818. The second-order valence-corrected chi connectivity index (χ2v) is 7.07. The van der Waals surface area contributed by atoms with Crippen molar-refractivity contribution < 1.29 is 17.2 Å². The molecule has 3 nitrogen and oxygen atoms in total. The van der Waals surface area contributed by atoms with E-state index in [1.165, 1.54) is 24.3 Å². The van der Waals surface area contributed by atoms with Crippen LogP contribution in [0.5, 0.6) is 0 Å². The van der Waals surface area contributed by atoms with Crippen LogP contribution in [0.15, 0.2) is 29.2 Å². The number of anilines is 1. The standard InChI is InChI=1S/C12H16ClF2NO2S/c1-12(2,7-8-13)16-9-3-5-10(6-4-9)19(17,18)11(14)15/h3-6,11,16H,7-8H2,1-2H3. The topological polar surface area (TPSA) is 46.2 Å². The number of hydrogen-bond acceptors (Lipinski definition) is 3. The third kappa shape index (κ3) is 4.31. The molecule has 0 amide bonds. The van der Waals surface area contributed by atoms with Crippen molar-refractivity contribution in [3.05, 3.63) is 24.3 Å². The highest BCUT2D eigenvalue weighted by Gasteiger charge is 2.26. The molecule has 0 aliphatic rings. The lowest BCUT2D eigenvalue weighted by atomic mass is 10.0. The van der Waals surface area contributed by atoms with Gasteiger partial charge in [0.1, 0.15) is 0 Å². The molecule has 0 radical (unpaired) electrons. The molecule has 108 valence electrons. The van der Waals surface area contributed by atoms with E-state index in [0.29, 0.717) is 18.0 Å². The summed E-state index contributed by atoms with van der Waals surface area (Å²) in [6.07, 6.45) is 0.714. The molecule has 0 bridgehead atoms. The van der Waals surface area contributed by atoms with Crippen LogP contribution < -0.4 is 5.32 Å². The predicted molar refractivity (Wildman–Crippen MR) is 72.7 cm³/mol. The Bertz CT molecular complexity index is 515. The molecule has 0 fully saturated rings. The average Bonchev–Trinajstić information content (AvgIpc) is 2.28. The zero-order valence-corrected chi connectivity index (χ0v) is 12.2. The SMILES string of the molecule is CC(C)(CCCl)Nc1ccc(S(=O)(=O)C(F)F)cc1. The number of halogens is 3. The average molecular weight is 312 g/mol. The second-order valence-electron chi connectivity index (χ2n) is 4.78. The van der Waals surface area contributed by atoms with Crippen LogP contribution in [-0.4, -0.2) is 25.6 Å². The maximum atomic E-state index is 12.4. The van der Waals surface area contributed by atoms with E-state index in [0.717, 1.165) is 0 Å². The molecule has 0 aromatic heterocycles. The Morgan fingerprint density at radius 3 is 2.21 bits per heavy atom. The molecular formula is C12H16ClF2NO2S. The molecule has 1 aromatic carbocycles. The second kappa shape index (κ2) is 6.05. The van der Waals surface area contributed by atoms with Gasteiger partial charge < -0.3 is 5.32 Å². The van der Waals surface area contributed by atoms with Crippen LogP contribution in [0.2, 0.25) is 0 Å². The maximum absolute atomic E-state index is 12.4. The van der Waals surface area contributed by atoms with Gasteiger partial charge in [0.15, 0.2) is 0 Å². The van der Waals surface area contributed by atoms with Crippen LogP contribution in [0.25, 0.3) is 0 Å². The molecular weight excluding hydrogens is 296 g/mol. The van der Waals surface area contributed by atoms with E-state index in [2.05, 4.69) is 5.32 Å². The fraction of sp³-hybridized carbons (Fsp3) is 0.500. The minimum atomic E-state index is -4.53. The zero-order valence-electron chi connectivity index (χ0n) is 10.7. The van der Waals surface area contributed by atoms with E-state index >= 15 is 0 Å². The Hall–Kier alpha value is -0.880. The molecule has 0 aliphatic carbocycles. The van der Waals surface area contributed by atoms with Crippen molar-refractivity contribution >= 4 is 27.1 Å². The van der Waals surface area contributed by atoms with Gasteiger partial charge in [0.2, 0.25) is 9.84 Å². The smallest absolute Gasteiger partial charge is 0.341 e. The number of rotatable bonds is 6. The molecule has 0 heterocycles. The van der Waals surface area contributed by atoms with Crippen LogP contribution in [0.1, 0.15) is 20.3 Å². The first-order valence-electron chi connectivity index (χ1n) is 5.65. The summed E-state index contributed by atoms with van der Waals surface area (Å²) in [5.74, 6) is -2.92. The lowest BCUT2D eigenvalue weighted by Crippen LogP contribution is -2.31. The molecule has 0 saturated heterocycles. The molecule has 0 unspecified atom stereocenters. The van der Waals surface area contributed by atoms with Gasteiger partial charge in [0.25, 0.3) is 0 Å². The van der Waals surface area contributed by atoms with Gasteiger partial charge >= 0.3 is 5.76 Å². The van der Waals surface area contributed by atoms with E-state index < -0.39 is 15.6 Å². The van der Waals surface area contributed by atoms with Crippen LogP contribution in [0.4, 0.5) is 14.5 Å². The van der Waals surface area contributed by atoms with Crippen molar-refractivity contribution in [2.75, 3.05) is 11.2 Å². The van der Waals surface area contributed by atoms with Crippen LogP contribution in [0, 0.1) is 0 Å². The molecule has 1 rings (SSSR count). The largest absolute Gasteiger partial charge is 0.380 e. The highest BCUT2D eigenvalue weighted by Crippen LogP contribution is 2.23. The Balaban J connectivity index is 2.89. The lowest BCUT2D eigenvalue weighted by Gasteiger charge is -2.26. The first-order valence-corrected chi connectivity index (χ1v) is 7.73. The Kier molecular flexibility index (Phi) is 5.15. The van der Waals surface area contributed by atoms with Gasteiger partial charge in [-0.2, -0.15) is 8.78 Å². The number of benzene rings is 1. The van der Waals surface area contributed by atoms with Crippen molar-refractivity contribution in [1.82, 2.24) is 0 Å². The molecule has 7 heteroatoms. The van der Waals surface area contributed by atoms with Crippen molar-refractivity contribution in [3.63, 3.8) is 0 Å². The van der Waals surface area contributed by atoms with Gasteiger partial charge in [0, 0.05) is 17.1 Å². The van der Waals surface area contributed by atoms with Gasteiger partial charge in [-0.3, -0.25) is 0 Å². The third-order valence-corrected chi connectivity index (χ3v) is 4.21. The van der Waals surface area contributed by atoms with E-state index in [1.807, 2.05) is 13.8 Å². The van der Waals surface area contributed by atoms with E-state index in [1.54, 1.807) is 0 Å². The molecule has 19 heavy (non-hydrogen) atoms. The molecule has 1 aromatic rings. The van der Waals surface area contributed by atoms with Crippen LogP contribution in [0.3, 0.4) is 0 Å². The number of nitrogens with one attached hydrogen (secondary N) is 1. The number of sulfone groups is 1. The molecule has 0 spiro atoms. The summed E-state index contributed by atoms with van der Waals surface area (Å²) >= 11 is 5.67. The summed E-state index contributed by atoms with van der Waals surface area (Å²) in [5.41, 5.74) is 0.397. The summed E-state index contributed by atoms with van der Waals surface area (Å²) in [5, 5.41) is 3.16. The highest BCUT2D eigenvalue weighted by atomic mass is 35.5. The van der Waals surface area contributed by atoms with Gasteiger partial charge in [0.05, 0.1) is 4.90 Å². The van der Waals surface area contributed by atoms with Crippen molar-refractivity contribution in [1.29, 1.82) is 0 Å². The van der Waals surface area contributed by atoms with Crippen molar-refractivity contribution in [3.8, 4) is 0 Å². The Morgan fingerprint density at radius 2 is 1.79 bits per heavy atom. The van der Waals surface area contributed by atoms with Crippen molar-refractivity contribution in [2.45, 2.75) is 36.5 Å². The molecule has 0 aliphatic heterocycles. The summed E-state index contributed by atoms with van der Waals surface area (Å²) in [6, 6.07) is 5.26. The van der Waals surface area contributed by atoms with Crippen molar-refractivity contribution in [2.24, 2.45) is 0 Å². The maximum Gasteiger partial charge on any atom is 0.341 e.